The van der Waals surface area contributed by atoms with E-state index in [9.17, 15) is 18.3 Å². The Kier molecular flexibility index (Phi) is 4.27. The number of nitrogens with one attached hydrogen (secondary N) is 1. The predicted octanol–water partition coefficient (Wildman–Crippen LogP) is 2.49. The summed E-state index contributed by atoms with van der Waals surface area (Å²) >= 11 is 0. The number of hydrogen-bond donors (Lipinski definition) is 2. The van der Waals surface area contributed by atoms with Gasteiger partial charge in [-0.05, 0) is 24.5 Å². The third-order valence-corrected chi connectivity index (χ3v) is 3.22. The summed E-state index contributed by atoms with van der Waals surface area (Å²) in [6, 6.07) is 3.23. The van der Waals surface area contributed by atoms with Crippen LogP contribution in [0.5, 0.6) is 0 Å². The molecule has 0 radical (unpaired) electrons. The van der Waals surface area contributed by atoms with Crippen molar-refractivity contribution < 1.29 is 18.3 Å². The van der Waals surface area contributed by atoms with Gasteiger partial charge in [0.25, 0.3) is 6.43 Å². The van der Waals surface area contributed by atoms with Crippen molar-refractivity contribution in [3.05, 3.63) is 24.0 Å². The maximum atomic E-state index is 13.1. The third-order valence-electron chi connectivity index (χ3n) is 3.22. The number of rotatable bonds is 6. The van der Waals surface area contributed by atoms with E-state index in [0.29, 0.717) is 16.7 Å². The molecule has 0 saturated carbocycles. The summed E-state index contributed by atoms with van der Waals surface area (Å²) < 4.78 is 38.7. The Labute approximate surface area is 114 Å². The van der Waals surface area contributed by atoms with Gasteiger partial charge in [-0.2, -0.15) is 5.10 Å². The first-order valence-corrected chi connectivity index (χ1v) is 6.30. The molecule has 0 aromatic carbocycles. The molecule has 0 spiro atoms. The average molecular weight is 287 g/mol. The zero-order chi connectivity index (χ0) is 14.8. The first kappa shape index (κ1) is 14.8. The third kappa shape index (κ3) is 3.09. The molecule has 7 heteroatoms. The average Bonchev–Trinajstić information content (AvgIpc) is 2.79. The minimum Gasteiger partial charge on any atom is -0.384 e. The molecule has 0 aliphatic heterocycles. The van der Waals surface area contributed by atoms with Gasteiger partial charge in [-0.1, -0.05) is 6.92 Å². The van der Waals surface area contributed by atoms with Gasteiger partial charge in [0.2, 0.25) is 0 Å². The lowest BCUT2D eigenvalue weighted by molar-refractivity contribution is -0.109. The highest BCUT2D eigenvalue weighted by atomic mass is 19.3. The van der Waals surface area contributed by atoms with Crippen molar-refractivity contribution >= 4 is 11.0 Å². The number of fused-ring (bicyclic) bond motifs is 1. The molecule has 2 rings (SSSR count). The monoisotopic (exact) mass is 287 g/mol. The van der Waals surface area contributed by atoms with Gasteiger partial charge >= 0.3 is 0 Å². The van der Waals surface area contributed by atoms with Crippen LogP contribution < -0.4 is 0 Å². The highest BCUT2D eigenvalue weighted by molar-refractivity contribution is 5.74. The SMILES string of the molecule is CC(CF)CC(O)(Cc1cc2nnccc2[nH]1)C(F)F. The van der Waals surface area contributed by atoms with E-state index in [4.69, 9.17) is 0 Å². The summed E-state index contributed by atoms with van der Waals surface area (Å²) in [5.74, 6) is -0.627. The summed E-state index contributed by atoms with van der Waals surface area (Å²) in [7, 11) is 0. The number of alkyl halides is 3. The van der Waals surface area contributed by atoms with Crippen molar-refractivity contribution in [2.24, 2.45) is 5.92 Å². The number of aliphatic hydroxyl groups is 1. The van der Waals surface area contributed by atoms with Gasteiger partial charge in [-0.15, -0.1) is 5.10 Å². The summed E-state index contributed by atoms with van der Waals surface area (Å²) in [6.45, 7) is 0.747. The molecular weight excluding hydrogens is 271 g/mol. The molecule has 20 heavy (non-hydrogen) atoms. The van der Waals surface area contributed by atoms with Gasteiger partial charge in [-0.25, -0.2) is 8.78 Å². The zero-order valence-electron chi connectivity index (χ0n) is 11.0. The Morgan fingerprint density at radius 2 is 2.20 bits per heavy atom. The van der Waals surface area contributed by atoms with Crippen molar-refractivity contribution in [2.45, 2.75) is 31.8 Å². The summed E-state index contributed by atoms with van der Waals surface area (Å²) in [6.07, 6.45) is -2.06. The van der Waals surface area contributed by atoms with Gasteiger partial charge < -0.3 is 10.1 Å². The minimum absolute atomic E-state index is 0.286. The fourth-order valence-electron chi connectivity index (χ4n) is 2.25. The van der Waals surface area contributed by atoms with Crippen LogP contribution >= 0.6 is 0 Å². The van der Waals surface area contributed by atoms with Crippen LogP contribution in [0.2, 0.25) is 0 Å². The van der Waals surface area contributed by atoms with E-state index in [0.717, 1.165) is 0 Å². The zero-order valence-corrected chi connectivity index (χ0v) is 11.0. The van der Waals surface area contributed by atoms with Crippen LogP contribution in [0.1, 0.15) is 19.0 Å². The van der Waals surface area contributed by atoms with E-state index < -0.39 is 24.6 Å². The van der Waals surface area contributed by atoms with Crippen LogP contribution in [-0.2, 0) is 6.42 Å². The lowest BCUT2D eigenvalue weighted by atomic mass is 9.88. The van der Waals surface area contributed by atoms with E-state index >= 15 is 0 Å². The summed E-state index contributed by atoms with van der Waals surface area (Å²) in [4.78, 5) is 2.91. The minimum atomic E-state index is -2.95. The highest BCUT2D eigenvalue weighted by Crippen LogP contribution is 2.29. The van der Waals surface area contributed by atoms with Crippen molar-refractivity contribution in [2.75, 3.05) is 6.67 Å². The quantitative estimate of drug-likeness (QED) is 0.858. The smallest absolute Gasteiger partial charge is 0.267 e. The number of aromatic amines is 1. The second-order valence-electron chi connectivity index (χ2n) is 5.17. The molecule has 2 aromatic heterocycles. The Bertz CT molecular complexity index is 542. The van der Waals surface area contributed by atoms with Crippen molar-refractivity contribution in [3.63, 3.8) is 0 Å². The molecule has 4 nitrogen and oxygen atoms in total. The standard InChI is InChI=1S/C13H16F3N3O/c1-8(7-14)5-13(20,12(15)16)6-9-4-11-10(18-9)2-3-17-19-11/h2-4,8,12,18,20H,5-7H2,1H3. The predicted molar refractivity (Wildman–Crippen MR) is 68.3 cm³/mol. The Balaban J connectivity index is 2.23. The van der Waals surface area contributed by atoms with Crippen LogP contribution in [0.15, 0.2) is 18.3 Å². The molecule has 0 aliphatic rings. The first-order chi connectivity index (χ1) is 9.44. The topological polar surface area (TPSA) is 61.8 Å². The molecule has 0 bridgehead atoms. The maximum Gasteiger partial charge on any atom is 0.267 e. The number of halogens is 3. The van der Waals surface area contributed by atoms with Gasteiger partial charge in [0.05, 0.1) is 18.4 Å². The molecular formula is C13H16F3N3O. The molecule has 0 aliphatic carbocycles. The van der Waals surface area contributed by atoms with Crippen molar-refractivity contribution in [1.29, 1.82) is 0 Å². The molecule has 0 saturated heterocycles. The van der Waals surface area contributed by atoms with Gasteiger partial charge in [-0.3, -0.25) is 4.39 Å². The van der Waals surface area contributed by atoms with E-state index in [-0.39, 0.29) is 12.8 Å². The molecule has 0 fully saturated rings. The van der Waals surface area contributed by atoms with Gasteiger partial charge in [0.15, 0.2) is 0 Å². The normalized spacial score (nSPS) is 16.5. The molecule has 2 unspecified atom stereocenters. The molecule has 110 valence electrons. The lowest BCUT2D eigenvalue weighted by Crippen LogP contribution is -2.41. The van der Waals surface area contributed by atoms with Crippen LogP contribution in [0.25, 0.3) is 11.0 Å². The molecule has 2 aromatic rings. The van der Waals surface area contributed by atoms with E-state index in [1.807, 2.05) is 0 Å². The van der Waals surface area contributed by atoms with Gasteiger partial charge in [0.1, 0.15) is 11.1 Å². The van der Waals surface area contributed by atoms with Crippen molar-refractivity contribution in [3.8, 4) is 0 Å². The molecule has 0 amide bonds. The van der Waals surface area contributed by atoms with Gasteiger partial charge in [0, 0.05) is 12.1 Å². The summed E-state index contributed by atoms with van der Waals surface area (Å²) in [5.41, 5.74) is -0.628. The van der Waals surface area contributed by atoms with Crippen LogP contribution in [0.4, 0.5) is 13.2 Å². The van der Waals surface area contributed by atoms with E-state index in [2.05, 4.69) is 15.2 Å². The largest absolute Gasteiger partial charge is 0.384 e. The Morgan fingerprint density at radius 1 is 1.45 bits per heavy atom. The number of nitrogens with zero attached hydrogens (tertiary/aromatic N) is 2. The lowest BCUT2D eigenvalue weighted by Gasteiger charge is -2.28. The molecule has 2 N–H and O–H groups in total. The second kappa shape index (κ2) is 5.78. The van der Waals surface area contributed by atoms with Crippen molar-refractivity contribution in [1.82, 2.24) is 15.2 Å². The Hall–Kier alpha value is -1.63. The summed E-state index contributed by atoms with van der Waals surface area (Å²) in [5, 5.41) is 17.6. The fourth-order valence-corrected chi connectivity index (χ4v) is 2.25. The Morgan fingerprint density at radius 3 is 2.80 bits per heavy atom. The number of hydrogen-bond acceptors (Lipinski definition) is 3. The van der Waals surface area contributed by atoms with Crippen LogP contribution in [-0.4, -0.2) is 39.0 Å². The van der Waals surface area contributed by atoms with Crippen LogP contribution in [0, 0.1) is 5.92 Å². The first-order valence-electron chi connectivity index (χ1n) is 6.30. The maximum absolute atomic E-state index is 13.1. The number of H-pyrrole nitrogens is 1. The highest BCUT2D eigenvalue weighted by Gasteiger charge is 2.39. The van der Waals surface area contributed by atoms with Crippen LogP contribution in [0.3, 0.4) is 0 Å². The van der Waals surface area contributed by atoms with E-state index in [1.54, 1.807) is 12.1 Å². The fraction of sp³-hybridized carbons (Fsp3) is 0.538. The molecule has 2 atom stereocenters. The second-order valence-corrected chi connectivity index (χ2v) is 5.17. The van der Waals surface area contributed by atoms with E-state index in [1.165, 1.54) is 13.1 Å². The number of aromatic nitrogens is 3. The molecule has 2 heterocycles.